The van der Waals surface area contributed by atoms with Crippen molar-refractivity contribution in [2.24, 2.45) is 0 Å². The van der Waals surface area contributed by atoms with E-state index in [1.807, 2.05) is 0 Å². The largest absolute Gasteiger partial charge is 0.378 e. The van der Waals surface area contributed by atoms with E-state index in [0.29, 0.717) is 32.7 Å². The highest BCUT2D eigenvalue weighted by Gasteiger charge is 2.25. The van der Waals surface area contributed by atoms with E-state index < -0.39 is 16.1 Å². The van der Waals surface area contributed by atoms with E-state index in [9.17, 15) is 13.2 Å². The fourth-order valence-electron chi connectivity index (χ4n) is 1.70. The van der Waals surface area contributed by atoms with Crippen LogP contribution in [0.3, 0.4) is 0 Å². The first kappa shape index (κ1) is 14.4. The van der Waals surface area contributed by atoms with Crippen molar-refractivity contribution in [3.05, 3.63) is 0 Å². The number of amides is 1. The zero-order chi connectivity index (χ0) is 12.9. The highest BCUT2D eigenvalue weighted by molar-refractivity contribution is 7.89. The van der Waals surface area contributed by atoms with Crippen molar-refractivity contribution in [3.63, 3.8) is 0 Å². The maximum Gasteiger partial charge on any atom is 0.240 e. The summed E-state index contributed by atoms with van der Waals surface area (Å²) in [4.78, 5) is 13.6. The molecule has 0 unspecified atom stereocenters. The van der Waals surface area contributed by atoms with Crippen LogP contribution in [0.5, 0.6) is 0 Å². The molecule has 0 aliphatic carbocycles. The molecule has 1 amide bonds. The minimum atomic E-state index is -3.34. The Labute approximate surface area is 102 Å². The first-order valence-corrected chi connectivity index (χ1v) is 7.48. The number of hydrogen-bond donors (Lipinski definition) is 1. The van der Waals surface area contributed by atoms with Gasteiger partial charge in [0.25, 0.3) is 0 Å². The van der Waals surface area contributed by atoms with Crippen LogP contribution in [0.15, 0.2) is 0 Å². The van der Waals surface area contributed by atoms with Gasteiger partial charge in [-0.25, -0.2) is 13.1 Å². The molecule has 0 spiro atoms. The third kappa shape index (κ3) is 4.61. The van der Waals surface area contributed by atoms with E-state index >= 15 is 0 Å². The average Bonchev–Trinajstić information content (AvgIpc) is 2.28. The molecule has 1 fully saturated rings. The third-order valence-electron chi connectivity index (χ3n) is 2.52. The van der Waals surface area contributed by atoms with Gasteiger partial charge in [-0.2, -0.15) is 0 Å². The predicted octanol–water partition coefficient (Wildman–Crippen LogP) is -0.437. The fourth-order valence-corrected chi connectivity index (χ4v) is 3.00. The standard InChI is InChI=1S/C10H20N2O4S/c1-3-8-17(14,15)11-9(2)10(13)12-4-6-16-7-5-12/h9,11H,3-8H2,1-2H3/t9-/m0/s1. The molecule has 1 aliphatic rings. The van der Waals surface area contributed by atoms with E-state index in [1.165, 1.54) is 0 Å². The lowest BCUT2D eigenvalue weighted by Crippen LogP contribution is -2.50. The lowest BCUT2D eigenvalue weighted by molar-refractivity contribution is -0.136. The molecule has 0 aromatic carbocycles. The lowest BCUT2D eigenvalue weighted by atomic mass is 10.3. The summed E-state index contributed by atoms with van der Waals surface area (Å²) >= 11 is 0. The van der Waals surface area contributed by atoms with Crippen LogP contribution in [0.4, 0.5) is 0 Å². The molecule has 7 heteroatoms. The smallest absolute Gasteiger partial charge is 0.240 e. The second kappa shape index (κ2) is 6.32. The molecule has 1 saturated heterocycles. The molecule has 1 N–H and O–H groups in total. The summed E-state index contributed by atoms with van der Waals surface area (Å²) in [6.45, 7) is 5.44. The molecule has 1 heterocycles. The van der Waals surface area contributed by atoms with Crippen molar-refractivity contribution >= 4 is 15.9 Å². The van der Waals surface area contributed by atoms with Crippen molar-refractivity contribution in [3.8, 4) is 0 Å². The zero-order valence-electron chi connectivity index (χ0n) is 10.3. The van der Waals surface area contributed by atoms with Crippen molar-refractivity contribution in [2.45, 2.75) is 26.3 Å². The molecular formula is C10H20N2O4S. The average molecular weight is 264 g/mol. The summed E-state index contributed by atoms with van der Waals surface area (Å²) in [5, 5.41) is 0. The Kier molecular flexibility index (Phi) is 5.35. The minimum Gasteiger partial charge on any atom is -0.378 e. The Balaban J connectivity index is 2.51. The molecule has 17 heavy (non-hydrogen) atoms. The Morgan fingerprint density at radius 3 is 2.53 bits per heavy atom. The molecule has 1 rings (SSSR count). The number of carbonyl (C=O) groups is 1. The topological polar surface area (TPSA) is 75.7 Å². The number of morpholine rings is 1. The summed E-state index contributed by atoms with van der Waals surface area (Å²) in [6, 6.07) is -0.704. The second-order valence-electron chi connectivity index (χ2n) is 4.10. The number of sulfonamides is 1. The maximum absolute atomic E-state index is 11.9. The molecule has 0 saturated carbocycles. The van der Waals surface area contributed by atoms with Gasteiger partial charge in [-0.15, -0.1) is 0 Å². The van der Waals surface area contributed by atoms with E-state index in [-0.39, 0.29) is 11.7 Å². The zero-order valence-corrected chi connectivity index (χ0v) is 11.1. The summed E-state index contributed by atoms with van der Waals surface area (Å²) in [5.74, 6) is -0.138. The lowest BCUT2D eigenvalue weighted by Gasteiger charge is -2.29. The Morgan fingerprint density at radius 2 is 2.00 bits per heavy atom. The second-order valence-corrected chi connectivity index (χ2v) is 5.97. The number of rotatable bonds is 5. The third-order valence-corrected chi connectivity index (χ3v) is 4.18. The van der Waals surface area contributed by atoms with Crippen molar-refractivity contribution < 1.29 is 17.9 Å². The molecular weight excluding hydrogens is 244 g/mol. The SMILES string of the molecule is CCCS(=O)(=O)N[C@@H](C)C(=O)N1CCOCC1. The first-order chi connectivity index (χ1) is 7.96. The summed E-state index contributed by atoms with van der Waals surface area (Å²) in [5.41, 5.74) is 0. The van der Waals surface area contributed by atoms with Gasteiger partial charge in [0.1, 0.15) is 0 Å². The highest BCUT2D eigenvalue weighted by Crippen LogP contribution is 2.02. The molecule has 0 radical (unpaired) electrons. The van der Waals surface area contributed by atoms with Crippen molar-refractivity contribution in [1.29, 1.82) is 0 Å². The Hall–Kier alpha value is -0.660. The highest BCUT2D eigenvalue weighted by atomic mass is 32.2. The molecule has 1 aliphatic heterocycles. The van der Waals surface area contributed by atoms with E-state index in [4.69, 9.17) is 4.74 Å². The van der Waals surface area contributed by atoms with Gasteiger partial charge >= 0.3 is 0 Å². The monoisotopic (exact) mass is 264 g/mol. The molecule has 0 bridgehead atoms. The Morgan fingerprint density at radius 1 is 1.41 bits per heavy atom. The summed E-state index contributed by atoms with van der Waals surface area (Å²) in [7, 11) is -3.34. The molecule has 0 aromatic rings. The number of carbonyl (C=O) groups excluding carboxylic acids is 1. The minimum absolute atomic E-state index is 0.0493. The summed E-state index contributed by atoms with van der Waals surface area (Å²) < 4.78 is 30.6. The predicted molar refractivity (Wildman–Crippen MR) is 64.1 cm³/mol. The number of nitrogens with zero attached hydrogens (tertiary/aromatic N) is 1. The van der Waals surface area contributed by atoms with Gasteiger partial charge in [0.05, 0.1) is 25.0 Å². The van der Waals surface area contributed by atoms with Gasteiger partial charge in [-0.1, -0.05) is 6.92 Å². The van der Waals surface area contributed by atoms with E-state index in [1.54, 1.807) is 18.7 Å². The van der Waals surface area contributed by atoms with Crippen molar-refractivity contribution in [2.75, 3.05) is 32.1 Å². The quantitative estimate of drug-likeness (QED) is 0.730. The Bertz CT molecular complexity index is 349. The summed E-state index contributed by atoms with van der Waals surface area (Å²) in [6.07, 6.45) is 0.536. The molecule has 100 valence electrons. The number of ether oxygens (including phenoxy) is 1. The van der Waals surface area contributed by atoms with Crippen LogP contribution >= 0.6 is 0 Å². The molecule has 6 nitrogen and oxygen atoms in total. The van der Waals surface area contributed by atoms with Gasteiger partial charge < -0.3 is 9.64 Å². The number of nitrogens with one attached hydrogen (secondary N) is 1. The van der Waals surface area contributed by atoms with Crippen molar-refractivity contribution in [1.82, 2.24) is 9.62 Å². The van der Waals surface area contributed by atoms with Crippen LogP contribution in [0.25, 0.3) is 0 Å². The number of hydrogen-bond acceptors (Lipinski definition) is 4. The van der Waals surface area contributed by atoms with Crippen LogP contribution in [0.2, 0.25) is 0 Å². The van der Waals surface area contributed by atoms with Crippen LogP contribution in [-0.4, -0.2) is 57.3 Å². The van der Waals surface area contributed by atoms with Gasteiger partial charge in [0, 0.05) is 13.1 Å². The van der Waals surface area contributed by atoms with Gasteiger partial charge in [-0.3, -0.25) is 4.79 Å². The molecule has 1 atom stereocenters. The van der Waals surface area contributed by atoms with E-state index in [2.05, 4.69) is 4.72 Å². The van der Waals surface area contributed by atoms with Crippen LogP contribution in [0, 0.1) is 0 Å². The van der Waals surface area contributed by atoms with Crippen LogP contribution < -0.4 is 4.72 Å². The van der Waals surface area contributed by atoms with Gasteiger partial charge in [0.15, 0.2) is 0 Å². The van der Waals surface area contributed by atoms with Gasteiger partial charge in [-0.05, 0) is 13.3 Å². The maximum atomic E-state index is 11.9. The van der Waals surface area contributed by atoms with Gasteiger partial charge in [0.2, 0.25) is 15.9 Å². The first-order valence-electron chi connectivity index (χ1n) is 5.83. The fraction of sp³-hybridized carbons (Fsp3) is 0.900. The molecule has 0 aromatic heterocycles. The normalized spacial score (nSPS) is 19.1. The van der Waals surface area contributed by atoms with Crippen LogP contribution in [-0.2, 0) is 19.6 Å². The van der Waals surface area contributed by atoms with Crippen LogP contribution in [0.1, 0.15) is 20.3 Å². The van der Waals surface area contributed by atoms with E-state index in [0.717, 1.165) is 0 Å².